The van der Waals surface area contributed by atoms with Crippen molar-refractivity contribution in [2.24, 2.45) is 0 Å². The number of thioether (sulfide) groups is 1. The maximum absolute atomic E-state index is 8.63. The van der Waals surface area contributed by atoms with Gasteiger partial charge in [0.25, 0.3) is 0 Å². The molecule has 0 aliphatic rings. The summed E-state index contributed by atoms with van der Waals surface area (Å²) in [6.45, 7) is 0.178. The van der Waals surface area contributed by atoms with Crippen molar-refractivity contribution in [2.45, 2.75) is 5.75 Å². The average Bonchev–Trinajstić information content (AvgIpc) is 2.60. The van der Waals surface area contributed by atoms with Crippen LogP contribution in [0.4, 0.5) is 5.69 Å². The highest BCUT2D eigenvalue weighted by molar-refractivity contribution is 7.98. The lowest BCUT2D eigenvalue weighted by Crippen LogP contribution is -1.87. The van der Waals surface area contributed by atoms with Crippen LogP contribution in [0.3, 0.4) is 0 Å². The Morgan fingerprint density at radius 2 is 2.33 bits per heavy atom. The van der Waals surface area contributed by atoms with Crippen LogP contribution in [0.15, 0.2) is 22.6 Å². The molecule has 0 bridgehead atoms. The Kier molecular flexibility index (Phi) is 3.13. The van der Waals surface area contributed by atoms with E-state index in [1.165, 1.54) is 0 Å². The second-order valence-corrected chi connectivity index (χ2v) is 4.22. The van der Waals surface area contributed by atoms with E-state index < -0.39 is 0 Å². The first-order chi connectivity index (χ1) is 7.29. The molecule has 1 aromatic heterocycles. The van der Waals surface area contributed by atoms with Crippen LogP contribution in [0.1, 0.15) is 5.89 Å². The molecule has 15 heavy (non-hydrogen) atoms. The van der Waals surface area contributed by atoms with Crippen molar-refractivity contribution in [1.82, 2.24) is 4.98 Å². The molecule has 0 amide bonds. The first-order valence-corrected chi connectivity index (χ1v) is 5.78. The fourth-order valence-corrected chi connectivity index (χ4v) is 1.85. The number of nitrogens with zero attached hydrogens (tertiary/aromatic N) is 1. The summed E-state index contributed by atoms with van der Waals surface area (Å²) in [4.78, 5) is 4.30. The quantitative estimate of drug-likeness (QED) is 0.610. The van der Waals surface area contributed by atoms with Gasteiger partial charge in [-0.05, 0) is 18.2 Å². The summed E-state index contributed by atoms with van der Waals surface area (Å²) in [7, 11) is 0. The van der Waals surface area contributed by atoms with E-state index in [2.05, 4.69) is 4.98 Å². The molecule has 1 aromatic carbocycles. The molecule has 2 aromatic rings. The maximum Gasteiger partial charge on any atom is 0.205 e. The van der Waals surface area contributed by atoms with Crippen molar-refractivity contribution >= 4 is 28.5 Å². The van der Waals surface area contributed by atoms with E-state index in [0.29, 0.717) is 23.1 Å². The molecule has 5 heteroatoms. The van der Waals surface area contributed by atoms with Gasteiger partial charge in [-0.15, -0.1) is 11.8 Å². The number of hydrogen-bond donors (Lipinski definition) is 2. The number of anilines is 1. The third kappa shape index (κ3) is 2.43. The van der Waals surface area contributed by atoms with Crippen molar-refractivity contribution in [2.75, 3.05) is 18.1 Å². The van der Waals surface area contributed by atoms with E-state index in [1.54, 1.807) is 23.9 Å². The summed E-state index contributed by atoms with van der Waals surface area (Å²) in [5.41, 5.74) is 7.86. The van der Waals surface area contributed by atoms with Gasteiger partial charge in [-0.1, -0.05) is 0 Å². The molecule has 0 atom stereocenters. The molecule has 0 radical (unpaired) electrons. The first kappa shape index (κ1) is 10.3. The maximum atomic E-state index is 8.63. The first-order valence-electron chi connectivity index (χ1n) is 4.63. The second-order valence-electron chi connectivity index (χ2n) is 3.11. The van der Waals surface area contributed by atoms with Crippen LogP contribution in [-0.4, -0.2) is 22.5 Å². The van der Waals surface area contributed by atoms with Gasteiger partial charge >= 0.3 is 0 Å². The third-order valence-corrected chi connectivity index (χ3v) is 2.84. The van der Waals surface area contributed by atoms with Gasteiger partial charge < -0.3 is 15.3 Å². The summed E-state index contributed by atoms with van der Waals surface area (Å²) in [6.07, 6.45) is 0. The monoisotopic (exact) mass is 224 g/mol. The van der Waals surface area contributed by atoms with Gasteiger partial charge in [0.15, 0.2) is 5.58 Å². The highest BCUT2D eigenvalue weighted by atomic mass is 32.2. The summed E-state index contributed by atoms with van der Waals surface area (Å²) in [5, 5.41) is 8.63. The predicted octanol–water partition coefficient (Wildman–Crippen LogP) is 1.64. The Balaban J connectivity index is 2.16. The standard InChI is InChI=1S/C10H12N2O2S/c11-7-1-2-9-8(5-7)12-10(14-9)6-15-4-3-13/h1-2,5,13H,3-4,6,11H2. The normalized spacial score (nSPS) is 11.0. The number of nitrogen functional groups attached to an aromatic ring is 1. The Morgan fingerprint density at radius 1 is 1.47 bits per heavy atom. The van der Waals surface area contributed by atoms with Crippen LogP contribution in [0, 0.1) is 0 Å². The molecule has 1 heterocycles. The van der Waals surface area contributed by atoms with Crippen molar-refractivity contribution in [3.63, 3.8) is 0 Å². The van der Waals surface area contributed by atoms with Crippen LogP contribution in [0.5, 0.6) is 0 Å². The molecule has 80 valence electrons. The predicted molar refractivity (Wildman–Crippen MR) is 61.7 cm³/mol. The Hall–Kier alpha value is -1.20. The van der Waals surface area contributed by atoms with Gasteiger partial charge in [-0.3, -0.25) is 0 Å². The summed E-state index contributed by atoms with van der Waals surface area (Å²) >= 11 is 1.59. The molecule has 0 fully saturated rings. The van der Waals surface area contributed by atoms with E-state index in [-0.39, 0.29) is 6.61 Å². The highest BCUT2D eigenvalue weighted by Gasteiger charge is 2.05. The van der Waals surface area contributed by atoms with Gasteiger partial charge in [0.1, 0.15) is 5.52 Å². The van der Waals surface area contributed by atoms with Gasteiger partial charge in [0, 0.05) is 11.4 Å². The minimum atomic E-state index is 0.178. The Labute approximate surface area is 91.5 Å². The molecule has 3 N–H and O–H groups in total. The van der Waals surface area contributed by atoms with E-state index in [0.717, 1.165) is 11.1 Å². The molecule has 4 nitrogen and oxygen atoms in total. The lowest BCUT2D eigenvalue weighted by atomic mass is 10.3. The van der Waals surface area contributed by atoms with E-state index in [9.17, 15) is 0 Å². The zero-order chi connectivity index (χ0) is 10.7. The third-order valence-electron chi connectivity index (χ3n) is 1.92. The molecule has 0 saturated carbocycles. The fraction of sp³-hybridized carbons (Fsp3) is 0.300. The minimum absolute atomic E-state index is 0.178. The van der Waals surface area contributed by atoms with Gasteiger partial charge in [-0.2, -0.15) is 0 Å². The van der Waals surface area contributed by atoms with Gasteiger partial charge in [0.05, 0.1) is 12.4 Å². The number of aromatic nitrogens is 1. The molecule has 0 saturated heterocycles. The molecular formula is C10H12N2O2S. The van der Waals surface area contributed by atoms with Gasteiger partial charge in [0.2, 0.25) is 5.89 Å². The minimum Gasteiger partial charge on any atom is -0.440 e. The number of benzene rings is 1. The number of fused-ring (bicyclic) bond motifs is 1. The molecule has 0 unspecified atom stereocenters. The van der Waals surface area contributed by atoms with Crippen LogP contribution in [-0.2, 0) is 5.75 Å². The fourth-order valence-electron chi connectivity index (χ4n) is 1.28. The van der Waals surface area contributed by atoms with Gasteiger partial charge in [-0.25, -0.2) is 4.98 Å². The van der Waals surface area contributed by atoms with E-state index in [1.807, 2.05) is 6.07 Å². The van der Waals surface area contributed by atoms with E-state index in [4.69, 9.17) is 15.3 Å². The summed E-state index contributed by atoms with van der Waals surface area (Å²) in [5.74, 6) is 2.05. The lowest BCUT2D eigenvalue weighted by molar-refractivity contribution is 0.322. The zero-order valence-corrected chi connectivity index (χ0v) is 8.96. The number of aliphatic hydroxyl groups is 1. The highest BCUT2D eigenvalue weighted by Crippen LogP contribution is 2.20. The average molecular weight is 224 g/mol. The SMILES string of the molecule is Nc1ccc2oc(CSCCO)nc2c1. The lowest BCUT2D eigenvalue weighted by Gasteiger charge is -1.92. The number of oxazole rings is 1. The number of hydrogen-bond acceptors (Lipinski definition) is 5. The largest absolute Gasteiger partial charge is 0.440 e. The topological polar surface area (TPSA) is 72.3 Å². The number of nitrogens with two attached hydrogens (primary N) is 1. The van der Waals surface area contributed by atoms with Crippen molar-refractivity contribution < 1.29 is 9.52 Å². The molecule has 0 aliphatic heterocycles. The summed E-state index contributed by atoms with van der Waals surface area (Å²) < 4.78 is 5.50. The molecule has 0 spiro atoms. The van der Waals surface area contributed by atoms with Crippen LogP contribution < -0.4 is 5.73 Å². The number of rotatable bonds is 4. The van der Waals surface area contributed by atoms with Crippen molar-refractivity contribution in [3.05, 3.63) is 24.1 Å². The zero-order valence-electron chi connectivity index (χ0n) is 8.14. The Bertz CT molecular complexity index is 456. The number of aliphatic hydroxyl groups excluding tert-OH is 1. The van der Waals surface area contributed by atoms with Crippen LogP contribution in [0.25, 0.3) is 11.1 Å². The smallest absolute Gasteiger partial charge is 0.205 e. The Morgan fingerprint density at radius 3 is 3.13 bits per heavy atom. The van der Waals surface area contributed by atoms with Crippen LogP contribution >= 0.6 is 11.8 Å². The molecule has 2 rings (SSSR count). The second kappa shape index (κ2) is 4.55. The van der Waals surface area contributed by atoms with Crippen LogP contribution in [0.2, 0.25) is 0 Å². The molecule has 0 aliphatic carbocycles. The van der Waals surface area contributed by atoms with Crippen molar-refractivity contribution in [3.8, 4) is 0 Å². The van der Waals surface area contributed by atoms with E-state index >= 15 is 0 Å². The summed E-state index contributed by atoms with van der Waals surface area (Å²) in [6, 6.07) is 5.40. The van der Waals surface area contributed by atoms with Crippen molar-refractivity contribution in [1.29, 1.82) is 0 Å². The molecular weight excluding hydrogens is 212 g/mol.